The van der Waals surface area contributed by atoms with Crippen LogP contribution < -0.4 is 4.74 Å². The van der Waals surface area contributed by atoms with Gasteiger partial charge in [0.25, 0.3) is 0 Å². The Morgan fingerprint density at radius 1 is 1.43 bits per heavy atom. The van der Waals surface area contributed by atoms with Crippen molar-refractivity contribution < 1.29 is 9.84 Å². The number of aryl methyl sites for hydroxylation is 1. The van der Waals surface area contributed by atoms with Crippen LogP contribution in [0.2, 0.25) is 0 Å². The highest BCUT2D eigenvalue weighted by molar-refractivity contribution is 7.84. The molecule has 2 atom stereocenters. The number of phenolic OH excluding ortho intramolecular Hbond substituents is 1. The van der Waals surface area contributed by atoms with Gasteiger partial charge >= 0.3 is 0 Å². The SMILES string of the molecule is CCCc1cc(O)c([C@@H]2C=C(S)CCC2)c(OC(C)S)c1. The maximum atomic E-state index is 10.5. The highest BCUT2D eigenvalue weighted by Gasteiger charge is 2.23. The largest absolute Gasteiger partial charge is 0.507 e. The van der Waals surface area contributed by atoms with Crippen molar-refractivity contribution in [2.75, 3.05) is 0 Å². The highest BCUT2D eigenvalue weighted by atomic mass is 32.1. The number of phenols is 1. The molecule has 0 heterocycles. The minimum Gasteiger partial charge on any atom is -0.507 e. The second kappa shape index (κ2) is 7.50. The predicted octanol–water partition coefficient (Wildman–Crippen LogP) is 5.08. The van der Waals surface area contributed by atoms with Crippen LogP contribution >= 0.6 is 25.3 Å². The van der Waals surface area contributed by atoms with Crippen LogP contribution in [0.4, 0.5) is 0 Å². The Hall–Kier alpha value is -0.740. The first-order valence-corrected chi connectivity index (χ1v) is 8.57. The molecule has 1 aliphatic rings. The van der Waals surface area contributed by atoms with Crippen molar-refractivity contribution in [1.82, 2.24) is 0 Å². The van der Waals surface area contributed by atoms with Gasteiger partial charge < -0.3 is 9.84 Å². The summed E-state index contributed by atoms with van der Waals surface area (Å²) in [6.07, 6.45) is 7.24. The summed E-state index contributed by atoms with van der Waals surface area (Å²) in [5, 5.41) is 10.5. The molecular formula is C17H24O2S2. The fourth-order valence-corrected chi connectivity index (χ4v) is 3.34. The molecule has 4 heteroatoms. The van der Waals surface area contributed by atoms with Crippen LogP contribution in [0, 0.1) is 0 Å². The number of allylic oxidation sites excluding steroid dienone is 2. The van der Waals surface area contributed by atoms with E-state index in [0.29, 0.717) is 5.75 Å². The molecule has 0 radical (unpaired) electrons. The van der Waals surface area contributed by atoms with E-state index in [1.54, 1.807) is 0 Å². The van der Waals surface area contributed by atoms with E-state index in [-0.39, 0.29) is 11.4 Å². The molecule has 0 fully saturated rings. The predicted molar refractivity (Wildman–Crippen MR) is 94.8 cm³/mol. The number of hydrogen-bond donors (Lipinski definition) is 3. The highest BCUT2D eigenvalue weighted by Crippen LogP contribution is 2.43. The maximum absolute atomic E-state index is 10.5. The number of ether oxygens (including phenoxy) is 1. The smallest absolute Gasteiger partial charge is 0.138 e. The van der Waals surface area contributed by atoms with Crippen molar-refractivity contribution in [1.29, 1.82) is 0 Å². The summed E-state index contributed by atoms with van der Waals surface area (Å²) in [6.45, 7) is 4.01. The molecule has 0 aromatic heterocycles. The van der Waals surface area contributed by atoms with Gasteiger partial charge in [-0.3, -0.25) is 0 Å². The molecule has 0 saturated heterocycles. The Balaban J connectivity index is 2.44. The van der Waals surface area contributed by atoms with Crippen molar-refractivity contribution >= 4 is 25.3 Å². The number of rotatable bonds is 5. The average molecular weight is 325 g/mol. The Bertz CT molecular complexity index is 524. The van der Waals surface area contributed by atoms with Gasteiger partial charge in [-0.15, -0.1) is 25.3 Å². The van der Waals surface area contributed by atoms with Gasteiger partial charge in [0, 0.05) is 11.5 Å². The number of hydrogen-bond acceptors (Lipinski definition) is 4. The molecule has 0 bridgehead atoms. The number of aromatic hydroxyl groups is 1. The summed E-state index contributed by atoms with van der Waals surface area (Å²) in [5.41, 5.74) is 1.78. The lowest BCUT2D eigenvalue weighted by molar-refractivity contribution is 0.301. The van der Waals surface area contributed by atoms with Crippen LogP contribution in [-0.4, -0.2) is 10.5 Å². The molecule has 1 aromatic carbocycles. The zero-order chi connectivity index (χ0) is 15.4. The fraction of sp³-hybridized carbons (Fsp3) is 0.529. The van der Waals surface area contributed by atoms with Gasteiger partial charge in [-0.1, -0.05) is 19.4 Å². The third-order valence-corrected chi connectivity index (χ3v) is 4.21. The Labute approximate surface area is 138 Å². The molecule has 1 aliphatic carbocycles. The lowest BCUT2D eigenvalue weighted by Gasteiger charge is -2.24. The van der Waals surface area contributed by atoms with Crippen LogP contribution in [-0.2, 0) is 6.42 Å². The van der Waals surface area contributed by atoms with Gasteiger partial charge in [0.05, 0.1) is 0 Å². The summed E-state index contributed by atoms with van der Waals surface area (Å²) in [4.78, 5) is 1.09. The third kappa shape index (κ3) is 4.36. The van der Waals surface area contributed by atoms with E-state index in [1.807, 2.05) is 19.1 Å². The number of thiol groups is 2. The summed E-state index contributed by atoms with van der Waals surface area (Å²) in [5.74, 6) is 1.25. The molecule has 1 unspecified atom stereocenters. The molecule has 0 saturated carbocycles. The molecule has 0 spiro atoms. The normalized spacial score (nSPS) is 20.0. The lowest BCUT2D eigenvalue weighted by Crippen LogP contribution is -2.09. The average Bonchev–Trinajstić information content (AvgIpc) is 2.37. The lowest BCUT2D eigenvalue weighted by atomic mass is 9.87. The molecule has 2 nitrogen and oxygen atoms in total. The molecule has 116 valence electrons. The van der Waals surface area contributed by atoms with E-state index < -0.39 is 0 Å². The van der Waals surface area contributed by atoms with Crippen molar-refractivity contribution in [2.45, 2.75) is 57.3 Å². The molecule has 1 aromatic rings. The van der Waals surface area contributed by atoms with Gasteiger partial charge in [-0.05, 0) is 55.2 Å². The Morgan fingerprint density at radius 3 is 2.81 bits per heavy atom. The minimum absolute atomic E-state index is 0.170. The molecule has 2 rings (SSSR count). The molecule has 21 heavy (non-hydrogen) atoms. The van der Waals surface area contributed by atoms with E-state index in [1.165, 1.54) is 0 Å². The van der Waals surface area contributed by atoms with E-state index in [2.05, 4.69) is 38.3 Å². The topological polar surface area (TPSA) is 29.5 Å². The molecule has 0 aliphatic heterocycles. The van der Waals surface area contributed by atoms with Crippen LogP contribution in [0.15, 0.2) is 23.1 Å². The number of benzene rings is 1. The van der Waals surface area contributed by atoms with Crippen molar-refractivity contribution in [2.24, 2.45) is 0 Å². The van der Waals surface area contributed by atoms with Gasteiger partial charge in [0.1, 0.15) is 16.9 Å². The Morgan fingerprint density at radius 2 is 2.19 bits per heavy atom. The van der Waals surface area contributed by atoms with Crippen LogP contribution in [0.1, 0.15) is 56.6 Å². The summed E-state index contributed by atoms with van der Waals surface area (Å²) in [6, 6.07) is 3.92. The van der Waals surface area contributed by atoms with Crippen LogP contribution in [0.5, 0.6) is 11.5 Å². The Kier molecular flexibility index (Phi) is 5.94. The second-order valence-corrected chi connectivity index (χ2v) is 6.95. The first kappa shape index (κ1) is 16.6. The van der Waals surface area contributed by atoms with Crippen LogP contribution in [0.25, 0.3) is 0 Å². The second-order valence-electron chi connectivity index (χ2n) is 5.65. The van der Waals surface area contributed by atoms with Gasteiger partial charge in [0.2, 0.25) is 0 Å². The molecule has 0 amide bonds. The monoisotopic (exact) mass is 324 g/mol. The molecule has 1 N–H and O–H groups in total. The van der Waals surface area contributed by atoms with Crippen molar-refractivity contribution in [3.63, 3.8) is 0 Å². The van der Waals surface area contributed by atoms with Gasteiger partial charge in [0.15, 0.2) is 0 Å². The molecular weight excluding hydrogens is 300 g/mol. The third-order valence-electron chi connectivity index (χ3n) is 3.73. The van der Waals surface area contributed by atoms with Crippen molar-refractivity contribution in [3.05, 3.63) is 34.2 Å². The van der Waals surface area contributed by atoms with Gasteiger partial charge in [-0.25, -0.2) is 0 Å². The first-order valence-electron chi connectivity index (χ1n) is 7.61. The fourth-order valence-electron chi connectivity index (χ4n) is 2.88. The van der Waals surface area contributed by atoms with Crippen molar-refractivity contribution in [3.8, 4) is 11.5 Å². The standard InChI is InChI=1S/C17H24O2S2/c1-3-5-12-8-15(18)17(16(9-12)19-11(2)20)13-6-4-7-14(21)10-13/h8-11,13,18,20-21H,3-7H2,1-2H3/t11?,13-/m0/s1. The first-order chi connectivity index (χ1) is 10.0. The zero-order valence-corrected chi connectivity index (χ0v) is 14.5. The summed E-state index contributed by atoms with van der Waals surface area (Å²) >= 11 is 8.81. The van der Waals surface area contributed by atoms with E-state index in [9.17, 15) is 5.11 Å². The summed E-state index contributed by atoms with van der Waals surface area (Å²) in [7, 11) is 0. The van der Waals surface area contributed by atoms with Gasteiger partial charge in [-0.2, -0.15) is 0 Å². The van der Waals surface area contributed by atoms with Crippen LogP contribution in [0.3, 0.4) is 0 Å². The maximum Gasteiger partial charge on any atom is 0.138 e. The zero-order valence-electron chi connectivity index (χ0n) is 12.7. The van der Waals surface area contributed by atoms with E-state index in [0.717, 1.165) is 53.9 Å². The minimum atomic E-state index is -0.205. The quantitative estimate of drug-likeness (QED) is 0.521. The summed E-state index contributed by atoms with van der Waals surface area (Å²) < 4.78 is 5.85. The van der Waals surface area contributed by atoms with E-state index >= 15 is 0 Å². The van der Waals surface area contributed by atoms with E-state index in [4.69, 9.17) is 4.74 Å².